The van der Waals surface area contributed by atoms with Gasteiger partial charge in [0.15, 0.2) is 0 Å². The summed E-state index contributed by atoms with van der Waals surface area (Å²) >= 11 is 0. The van der Waals surface area contributed by atoms with E-state index < -0.39 is 23.5 Å². The molecule has 2 nitrogen and oxygen atoms in total. The van der Waals surface area contributed by atoms with E-state index in [4.69, 9.17) is 5.84 Å². The molecule has 0 bridgehead atoms. The van der Waals surface area contributed by atoms with Crippen molar-refractivity contribution in [2.75, 3.05) is 0 Å². The number of benzene rings is 1. The van der Waals surface area contributed by atoms with E-state index in [1.54, 1.807) is 0 Å². The molecule has 0 saturated heterocycles. The van der Waals surface area contributed by atoms with Gasteiger partial charge in [0.2, 0.25) is 0 Å². The number of rotatable bonds is 5. The van der Waals surface area contributed by atoms with E-state index in [0.29, 0.717) is 25.0 Å². The summed E-state index contributed by atoms with van der Waals surface area (Å²) in [6, 6.07) is 0.526. The number of halogens is 3. The molecule has 0 heterocycles. The van der Waals surface area contributed by atoms with Crippen LogP contribution >= 0.6 is 0 Å². The molecule has 3 N–H and O–H groups in total. The Morgan fingerprint density at radius 3 is 2.29 bits per heavy atom. The van der Waals surface area contributed by atoms with Gasteiger partial charge in [-0.1, -0.05) is 19.1 Å². The quantitative estimate of drug-likeness (QED) is 0.475. The molecule has 0 amide bonds. The fourth-order valence-corrected chi connectivity index (χ4v) is 1.56. The number of hydrogen-bond acceptors (Lipinski definition) is 2. The van der Waals surface area contributed by atoms with Crippen molar-refractivity contribution in [1.82, 2.24) is 5.43 Å². The van der Waals surface area contributed by atoms with E-state index >= 15 is 0 Å². The monoisotopic (exact) mass is 244 g/mol. The molecule has 94 valence electrons. The van der Waals surface area contributed by atoms with Crippen LogP contribution in [0.3, 0.4) is 0 Å². The molecule has 17 heavy (non-hydrogen) atoms. The second-order valence-corrected chi connectivity index (χ2v) is 3.81. The van der Waals surface area contributed by atoms with Crippen LogP contribution in [0, 0.1) is 17.5 Å². The minimum atomic E-state index is -0.950. The molecule has 1 atom stereocenters. The smallest absolute Gasteiger partial charge is 0.133 e. The average Bonchev–Trinajstić information content (AvgIpc) is 2.25. The molecular weight excluding hydrogens is 229 g/mol. The first kappa shape index (κ1) is 13.7. The van der Waals surface area contributed by atoms with E-state index in [1.807, 2.05) is 6.92 Å². The van der Waals surface area contributed by atoms with E-state index in [-0.39, 0.29) is 5.56 Å². The summed E-state index contributed by atoms with van der Waals surface area (Å²) in [5.74, 6) is 2.42. The summed E-state index contributed by atoms with van der Waals surface area (Å²) < 4.78 is 39.8. The highest BCUT2D eigenvalue weighted by Gasteiger charge is 2.20. The van der Waals surface area contributed by atoms with Crippen LogP contribution in [-0.2, 0) is 0 Å². The lowest BCUT2D eigenvalue weighted by atomic mass is 9.98. The molecule has 1 unspecified atom stereocenters. The van der Waals surface area contributed by atoms with Gasteiger partial charge in [-0.3, -0.25) is 11.3 Å². The van der Waals surface area contributed by atoms with Gasteiger partial charge in [-0.15, -0.1) is 0 Å². The average molecular weight is 244 g/mol. The first-order valence-electron chi connectivity index (χ1n) is 5.26. The molecule has 0 radical (unpaired) electrons. The molecule has 0 saturated carbocycles. The Hall–Kier alpha value is -1.33. The van der Waals surface area contributed by atoms with Crippen molar-refractivity contribution in [3.8, 4) is 0 Å². The summed E-state index contributed by atoms with van der Waals surface area (Å²) in [7, 11) is 0. The van der Waals surface area contributed by atoms with Crippen LogP contribution < -0.4 is 11.3 Å². The number of nitrogens with two attached hydrogens (primary N) is 1. The molecule has 0 aromatic heterocycles. The number of hydrazine groups is 1. The summed E-state index contributed by atoms with van der Waals surface area (Å²) in [4.78, 5) is 0. The van der Waals surface area contributed by atoms with Gasteiger partial charge < -0.3 is 0 Å². The van der Waals surface area contributed by atoms with Crippen molar-refractivity contribution in [2.24, 2.45) is 5.84 Å². The predicted octanol–water partition coefficient (Wildman–Crippen LogP) is 2.96. The van der Waals surface area contributed by atoms with Gasteiger partial charge in [-0.25, -0.2) is 13.2 Å². The van der Waals surface area contributed by atoms with Gasteiger partial charge in [0.25, 0.3) is 0 Å². The highest BCUT2D eigenvalue weighted by molar-refractivity contribution is 5.25. The van der Waals surface area contributed by atoms with Crippen molar-refractivity contribution in [1.29, 1.82) is 0 Å². The second-order valence-electron chi connectivity index (χ2n) is 3.81. The minimum Gasteiger partial charge on any atom is -0.271 e. The fraction of sp³-hybridized carbons (Fsp3) is 0.333. The second kappa shape index (κ2) is 5.84. The van der Waals surface area contributed by atoms with Crippen LogP contribution in [-0.4, -0.2) is 0 Å². The van der Waals surface area contributed by atoms with Crippen LogP contribution in [0.2, 0.25) is 0 Å². The van der Waals surface area contributed by atoms with Gasteiger partial charge in [0, 0.05) is 17.7 Å². The summed E-state index contributed by atoms with van der Waals surface area (Å²) in [6.45, 7) is 5.63. The third-order valence-electron chi connectivity index (χ3n) is 2.59. The number of hydrogen-bond donors (Lipinski definition) is 2. The Bertz CT molecular complexity index is 395. The zero-order valence-electron chi connectivity index (χ0n) is 9.56. The molecule has 0 aliphatic carbocycles. The molecule has 0 aliphatic rings. The fourth-order valence-electron chi connectivity index (χ4n) is 1.56. The van der Waals surface area contributed by atoms with Crippen LogP contribution in [0.1, 0.15) is 31.4 Å². The molecular formula is C12H15F3N2. The van der Waals surface area contributed by atoms with Crippen LogP contribution in [0.5, 0.6) is 0 Å². The van der Waals surface area contributed by atoms with Crippen molar-refractivity contribution < 1.29 is 13.2 Å². The maximum Gasteiger partial charge on any atom is 0.133 e. The molecule has 0 spiro atoms. The maximum absolute atomic E-state index is 13.5. The zero-order valence-corrected chi connectivity index (χ0v) is 9.56. The Kier molecular flexibility index (Phi) is 4.72. The van der Waals surface area contributed by atoms with Crippen molar-refractivity contribution in [3.05, 3.63) is 47.3 Å². The van der Waals surface area contributed by atoms with Gasteiger partial charge in [0.1, 0.15) is 17.5 Å². The van der Waals surface area contributed by atoms with Crippen LogP contribution in [0.15, 0.2) is 24.3 Å². The predicted molar refractivity (Wildman–Crippen MR) is 60.4 cm³/mol. The lowest BCUT2D eigenvalue weighted by Gasteiger charge is -2.18. The first-order chi connectivity index (χ1) is 7.99. The lowest BCUT2D eigenvalue weighted by molar-refractivity contribution is 0.459. The lowest BCUT2D eigenvalue weighted by Crippen LogP contribution is -2.30. The largest absolute Gasteiger partial charge is 0.271 e. The van der Waals surface area contributed by atoms with E-state index in [9.17, 15) is 13.2 Å². The van der Waals surface area contributed by atoms with E-state index in [2.05, 4.69) is 12.0 Å². The minimum absolute atomic E-state index is 0.261. The van der Waals surface area contributed by atoms with Crippen LogP contribution in [0.25, 0.3) is 0 Å². The molecule has 1 aromatic carbocycles. The van der Waals surface area contributed by atoms with Crippen molar-refractivity contribution in [2.45, 2.75) is 25.8 Å². The Labute approximate surface area is 98.3 Å². The number of nitrogens with one attached hydrogen (secondary N) is 1. The van der Waals surface area contributed by atoms with Gasteiger partial charge in [-0.2, -0.15) is 0 Å². The topological polar surface area (TPSA) is 38.0 Å². The zero-order chi connectivity index (χ0) is 13.0. The molecule has 0 aliphatic heterocycles. The summed E-state index contributed by atoms with van der Waals surface area (Å²) in [5, 5.41) is 0. The normalized spacial score (nSPS) is 12.5. The van der Waals surface area contributed by atoms with E-state index in [1.165, 1.54) is 0 Å². The third kappa shape index (κ3) is 3.31. The summed E-state index contributed by atoms with van der Waals surface area (Å²) in [5.41, 5.74) is 2.86. The van der Waals surface area contributed by atoms with E-state index in [0.717, 1.165) is 5.57 Å². The molecule has 5 heteroatoms. The molecule has 1 aromatic rings. The van der Waals surface area contributed by atoms with Crippen molar-refractivity contribution >= 4 is 0 Å². The maximum atomic E-state index is 13.5. The molecule has 1 rings (SSSR count). The first-order valence-corrected chi connectivity index (χ1v) is 5.26. The van der Waals surface area contributed by atoms with Gasteiger partial charge >= 0.3 is 0 Å². The Morgan fingerprint density at radius 1 is 1.35 bits per heavy atom. The highest BCUT2D eigenvalue weighted by Crippen LogP contribution is 2.26. The third-order valence-corrected chi connectivity index (χ3v) is 2.59. The van der Waals surface area contributed by atoms with Crippen molar-refractivity contribution in [3.63, 3.8) is 0 Å². The Balaban J connectivity index is 3.07. The van der Waals surface area contributed by atoms with Crippen LogP contribution in [0.4, 0.5) is 13.2 Å². The Morgan fingerprint density at radius 2 is 1.88 bits per heavy atom. The SMILES string of the molecule is C=C(CC)CC(NN)c1c(F)cc(F)cc1F. The summed E-state index contributed by atoms with van der Waals surface area (Å²) in [6.07, 6.45) is 0.981. The highest BCUT2D eigenvalue weighted by atomic mass is 19.1. The van der Waals surface area contributed by atoms with Gasteiger partial charge in [0.05, 0.1) is 6.04 Å². The molecule has 0 fully saturated rings. The van der Waals surface area contributed by atoms with Gasteiger partial charge in [-0.05, 0) is 12.8 Å². The standard InChI is InChI=1S/C12H15F3N2/c1-3-7(2)4-11(17-16)12-9(14)5-8(13)6-10(12)15/h5-6,11,17H,2-4,16H2,1H3.